The van der Waals surface area contributed by atoms with Gasteiger partial charge in [0.05, 0.1) is 11.4 Å². The van der Waals surface area contributed by atoms with Crippen LogP contribution in [0.1, 0.15) is 0 Å². The van der Waals surface area contributed by atoms with Crippen LogP contribution < -0.4 is 16.4 Å². The summed E-state index contributed by atoms with van der Waals surface area (Å²) in [5.41, 5.74) is 13.8. The minimum atomic E-state index is 0.674. The second kappa shape index (κ2) is 5.10. The van der Waals surface area contributed by atoms with Gasteiger partial charge in [-0.15, -0.1) is 13.2 Å². The first-order valence-corrected chi connectivity index (χ1v) is 4.80. The molecule has 1 rings (SSSR count). The molecule has 0 unspecified atom stereocenters. The number of rotatable bonds is 5. The summed E-state index contributed by atoms with van der Waals surface area (Å²) in [7, 11) is 0. The predicted molar refractivity (Wildman–Crippen MR) is 67.9 cm³/mol. The number of anilines is 3. The molecule has 15 heavy (non-hydrogen) atoms. The topological polar surface area (TPSA) is 55.3 Å². The Morgan fingerprint density at radius 2 is 1.73 bits per heavy atom. The molecule has 0 aliphatic heterocycles. The van der Waals surface area contributed by atoms with E-state index < -0.39 is 0 Å². The van der Waals surface area contributed by atoms with Gasteiger partial charge in [-0.05, 0) is 18.2 Å². The molecule has 0 spiro atoms. The summed E-state index contributed by atoms with van der Waals surface area (Å²) >= 11 is 0. The molecule has 0 atom stereocenters. The molecule has 3 nitrogen and oxygen atoms in total. The number of nitrogen functional groups attached to an aromatic ring is 2. The minimum Gasteiger partial charge on any atom is -0.399 e. The van der Waals surface area contributed by atoms with E-state index in [4.69, 9.17) is 11.5 Å². The van der Waals surface area contributed by atoms with E-state index in [2.05, 4.69) is 18.1 Å². The Hall–Kier alpha value is -1.90. The van der Waals surface area contributed by atoms with Crippen molar-refractivity contribution in [2.24, 2.45) is 0 Å². The minimum absolute atomic E-state index is 0.674. The predicted octanol–water partition coefficient (Wildman–Crippen LogP) is 2.03. The smallest absolute Gasteiger partial charge is 0.0607 e. The third-order valence-electron chi connectivity index (χ3n) is 2.09. The van der Waals surface area contributed by atoms with Crippen LogP contribution in [-0.2, 0) is 0 Å². The van der Waals surface area contributed by atoms with Gasteiger partial charge in [0, 0.05) is 18.8 Å². The summed E-state index contributed by atoms with van der Waals surface area (Å²) in [4.78, 5) is 2.08. The third-order valence-corrected chi connectivity index (χ3v) is 2.09. The quantitative estimate of drug-likeness (QED) is 0.568. The van der Waals surface area contributed by atoms with Gasteiger partial charge < -0.3 is 16.4 Å². The van der Waals surface area contributed by atoms with Gasteiger partial charge in [0.25, 0.3) is 0 Å². The summed E-state index contributed by atoms with van der Waals surface area (Å²) in [5.74, 6) is 0. The van der Waals surface area contributed by atoms with Gasteiger partial charge >= 0.3 is 0 Å². The first-order chi connectivity index (χ1) is 7.19. The van der Waals surface area contributed by atoms with Crippen molar-refractivity contribution in [1.29, 1.82) is 0 Å². The van der Waals surface area contributed by atoms with Gasteiger partial charge in [0.15, 0.2) is 0 Å². The summed E-state index contributed by atoms with van der Waals surface area (Å²) in [5, 5.41) is 0. The number of hydrogen-bond acceptors (Lipinski definition) is 3. The molecular weight excluding hydrogens is 186 g/mol. The molecule has 0 fully saturated rings. The highest BCUT2D eigenvalue weighted by molar-refractivity contribution is 5.72. The highest BCUT2D eigenvalue weighted by Crippen LogP contribution is 2.25. The zero-order valence-electron chi connectivity index (χ0n) is 8.82. The maximum atomic E-state index is 5.89. The monoisotopic (exact) mass is 203 g/mol. The average molecular weight is 203 g/mol. The molecule has 0 saturated carbocycles. The highest BCUT2D eigenvalue weighted by atomic mass is 15.1. The lowest BCUT2D eigenvalue weighted by Gasteiger charge is -2.23. The van der Waals surface area contributed by atoms with Crippen LogP contribution in [0, 0.1) is 0 Å². The molecule has 1 aromatic rings. The molecular formula is C12H17N3. The van der Waals surface area contributed by atoms with Crippen LogP contribution in [0.4, 0.5) is 17.1 Å². The fraction of sp³-hybridized carbons (Fsp3) is 0.167. The lowest BCUT2D eigenvalue weighted by molar-refractivity contribution is 0.959. The van der Waals surface area contributed by atoms with E-state index in [-0.39, 0.29) is 0 Å². The number of nitrogens with zero attached hydrogens (tertiary/aromatic N) is 1. The van der Waals surface area contributed by atoms with E-state index in [1.54, 1.807) is 6.07 Å². The molecule has 0 heterocycles. The Kier molecular flexibility index (Phi) is 3.80. The molecule has 0 aliphatic carbocycles. The average Bonchev–Trinajstić information content (AvgIpc) is 2.17. The molecule has 0 aromatic heterocycles. The molecule has 3 heteroatoms. The van der Waals surface area contributed by atoms with Crippen LogP contribution in [-0.4, -0.2) is 13.1 Å². The van der Waals surface area contributed by atoms with Crippen molar-refractivity contribution in [3.05, 3.63) is 43.5 Å². The lowest BCUT2D eigenvalue weighted by Crippen LogP contribution is -2.24. The summed E-state index contributed by atoms with van der Waals surface area (Å²) in [6.07, 6.45) is 3.67. The fourth-order valence-corrected chi connectivity index (χ4v) is 1.44. The van der Waals surface area contributed by atoms with Gasteiger partial charge in [0.1, 0.15) is 0 Å². The molecule has 4 N–H and O–H groups in total. The second-order valence-corrected chi connectivity index (χ2v) is 3.30. The standard InChI is InChI=1S/C12H17N3/c1-3-7-15(8-4-2)12-6-5-10(13)9-11(12)14/h3-6,9H,1-2,7-8,13-14H2. The second-order valence-electron chi connectivity index (χ2n) is 3.30. The van der Waals surface area contributed by atoms with Crippen LogP contribution in [0.2, 0.25) is 0 Å². The Morgan fingerprint density at radius 1 is 1.13 bits per heavy atom. The van der Waals surface area contributed by atoms with Crippen molar-refractivity contribution in [2.45, 2.75) is 0 Å². The van der Waals surface area contributed by atoms with E-state index >= 15 is 0 Å². The Bertz CT molecular complexity index is 348. The van der Waals surface area contributed by atoms with Gasteiger partial charge in [-0.25, -0.2) is 0 Å². The van der Waals surface area contributed by atoms with Crippen molar-refractivity contribution < 1.29 is 0 Å². The van der Waals surface area contributed by atoms with E-state index in [0.29, 0.717) is 11.4 Å². The molecule has 1 aromatic carbocycles. The van der Waals surface area contributed by atoms with Crippen LogP contribution in [0.15, 0.2) is 43.5 Å². The van der Waals surface area contributed by atoms with Crippen LogP contribution in [0.5, 0.6) is 0 Å². The molecule has 0 saturated heterocycles. The maximum Gasteiger partial charge on any atom is 0.0607 e. The summed E-state index contributed by atoms with van der Waals surface area (Å²) < 4.78 is 0. The first kappa shape index (κ1) is 11.2. The van der Waals surface area contributed by atoms with E-state index in [1.807, 2.05) is 24.3 Å². The lowest BCUT2D eigenvalue weighted by atomic mass is 10.2. The van der Waals surface area contributed by atoms with Gasteiger partial charge in [-0.2, -0.15) is 0 Å². The zero-order chi connectivity index (χ0) is 11.3. The Morgan fingerprint density at radius 3 is 2.20 bits per heavy atom. The number of benzene rings is 1. The molecule has 80 valence electrons. The van der Waals surface area contributed by atoms with Crippen LogP contribution in [0.25, 0.3) is 0 Å². The van der Waals surface area contributed by atoms with Crippen molar-refractivity contribution in [2.75, 3.05) is 29.5 Å². The largest absolute Gasteiger partial charge is 0.399 e. The van der Waals surface area contributed by atoms with Crippen LogP contribution >= 0.6 is 0 Å². The van der Waals surface area contributed by atoms with Gasteiger partial charge in [-0.3, -0.25) is 0 Å². The summed E-state index contributed by atoms with van der Waals surface area (Å²) in [6.45, 7) is 8.90. The Balaban J connectivity index is 2.98. The number of nitrogens with two attached hydrogens (primary N) is 2. The molecule has 0 aliphatic rings. The fourth-order valence-electron chi connectivity index (χ4n) is 1.44. The highest BCUT2D eigenvalue weighted by Gasteiger charge is 2.06. The van der Waals surface area contributed by atoms with E-state index in [0.717, 1.165) is 18.8 Å². The van der Waals surface area contributed by atoms with Crippen molar-refractivity contribution in [1.82, 2.24) is 0 Å². The molecule has 0 bridgehead atoms. The normalized spacial score (nSPS) is 9.60. The van der Waals surface area contributed by atoms with E-state index in [9.17, 15) is 0 Å². The third kappa shape index (κ3) is 2.77. The van der Waals surface area contributed by atoms with Crippen molar-refractivity contribution >= 4 is 17.1 Å². The van der Waals surface area contributed by atoms with Gasteiger partial charge in [-0.1, -0.05) is 12.2 Å². The Labute approximate surface area is 90.7 Å². The van der Waals surface area contributed by atoms with Crippen molar-refractivity contribution in [3.8, 4) is 0 Å². The number of hydrogen-bond donors (Lipinski definition) is 2. The van der Waals surface area contributed by atoms with Crippen molar-refractivity contribution in [3.63, 3.8) is 0 Å². The van der Waals surface area contributed by atoms with Crippen LogP contribution in [0.3, 0.4) is 0 Å². The maximum absolute atomic E-state index is 5.89. The van der Waals surface area contributed by atoms with E-state index in [1.165, 1.54) is 0 Å². The molecule has 0 radical (unpaired) electrons. The summed E-state index contributed by atoms with van der Waals surface area (Å²) in [6, 6.07) is 5.51. The molecule has 0 amide bonds. The SMILES string of the molecule is C=CCN(CC=C)c1ccc(N)cc1N. The van der Waals surface area contributed by atoms with Gasteiger partial charge in [0.2, 0.25) is 0 Å². The zero-order valence-corrected chi connectivity index (χ0v) is 8.82. The first-order valence-electron chi connectivity index (χ1n) is 4.80.